The Morgan fingerprint density at radius 3 is 2.47 bits per heavy atom. The molecule has 3 fully saturated rings. The van der Waals surface area contributed by atoms with Crippen molar-refractivity contribution in [2.75, 3.05) is 0 Å². The van der Waals surface area contributed by atoms with Crippen molar-refractivity contribution < 1.29 is 4.79 Å². The number of hydrogen-bond acceptors (Lipinski definition) is 1. The van der Waals surface area contributed by atoms with Gasteiger partial charge in [0.15, 0.2) is 0 Å². The van der Waals surface area contributed by atoms with Crippen LogP contribution in [0.1, 0.15) is 51.4 Å². The van der Waals surface area contributed by atoms with Crippen LogP contribution in [0.5, 0.6) is 0 Å². The second-order valence-electron chi connectivity index (χ2n) is 6.37. The lowest BCUT2D eigenvalue weighted by molar-refractivity contribution is -0.121. The highest BCUT2D eigenvalue weighted by atomic mass is 16.1. The molecular weight excluding hydrogens is 208 g/mol. The van der Waals surface area contributed by atoms with E-state index in [4.69, 9.17) is 0 Å². The van der Waals surface area contributed by atoms with E-state index in [9.17, 15) is 4.79 Å². The molecule has 3 aliphatic carbocycles. The van der Waals surface area contributed by atoms with E-state index in [1.54, 1.807) is 0 Å². The molecule has 0 saturated heterocycles. The van der Waals surface area contributed by atoms with Gasteiger partial charge in [0.2, 0.25) is 0 Å². The summed E-state index contributed by atoms with van der Waals surface area (Å²) in [7, 11) is 0. The van der Waals surface area contributed by atoms with Crippen molar-refractivity contribution in [2.24, 2.45) is 29.6 Å². The zero-order chi connectivity index (χ0) is 11.8. The third-order valence-corrected chi connectivity index (χ3v) is 5.44. The van der Waals surface area contributed by atoms with Gasteiger partial charge >= 0.3 is 0 Å². The summed E-state index contributed by atoms with van der Waals surface area (Å²) in [5.74, 6) is 4.69. The second kappa shape index (κ2) is 4.59. The highest BCUT2D eigenvalue weighted by molar-refractivity contribution is 5.84. The molecule has 0 amide bonds. The molecule has 0 radical (unpaired) electrons. The van der Waals surface area contributed by atoms with Crippen molar-refractivity contribution in [1.29, 1.82) is 0 Å². The van der Waals surface area contributed by atoms with Crippen LogP contribution in [-0.4, -0.2) is 5.78 Å². The van der Waals surface area contributed by atoms with Gasteiger partial charge in [0.25, 0.3) is 0 Å². The summed E-state index contributed by atoms with van der Waals surface area (Å²) in [4.78, 5) is 12.2. The molecule has 0 aromatic heterocycles. The standard InChI is InChI=1S/C16H24O/c1-2-3-4-5-6-7-13(17)16-14-11-8-9-12(10-11)15(14)16/h2,11-12,14-16H,1,3-10H2. The van der Waals surface area contributed by atoms with E-state index < -0.39 is 0 Å². The van der Waals surface area contributed by atoms with Crippen LogP contribution in [0.2, 0.25) is 0 Å². The van der Waals surface area contributed by atoms with Gasteiger partial charge in [-0.3, -0.25) is 4.79 Å². The predicted molar refractivity (Wildman–Crippen MR) is 69.6 cm³/mol. The molecule has 0 heterocycles. The van der Waals surface area contributed by atoms with Gasteiger partial charge in [0.05, 0.1) is 0 Å². The molecule has 3 saturated carbocycles. The Bertz CT molecular complexity index is 303. The Kier molecular flexibility index (Phi) is 3.10. The lowest BCUT2D eigenvalue weighted by Gasteiger charge is -2.07. The van der Waals surface area contributed by atoms with E-state index in [0.29, 0.717) is 11.7 Å². The van der Waals surface area contributed by atoms with Crippen molar-refractivity contribution >= 4 is 5.78 Å². The molecule has 0 spiro atoms. The topological polar surface area (TPSA) is 17.1 Å². The summed E-state index contributed by atoms with van der Waals surface area (Å²) in [6, 6.07) is 0. The average Bonchev–Trinajstić information content (AvgIpc) is 2.78. The molecule has 0 aliphatic heterocycles. The fourth-order valence-corrected chi connectivity index (χ4v) is 4.69. The van der Waals surface area contributed by atoms with Crippen LogP contribution in [0.15, 0.2) is 12.7 Å². The highest BCUT2D eigenvalue weighted by Crippen LogP contribution is 2.69. The molecule has 0 N–H and O–H groups in total. The minimum Gasteiger partial charge on any atom is -0.299 e. The number of fused-ring (bicyclic) bond motifs is 5. The molecular formula is C16H24O. The van der Waals surface area contributed by atoms with Gasteiger partial charge in [-0.25, -0.2) is 0 Å². The first kappa shape index (κ1) is 11.5. The van der Waals surface area contributed by atoms with Gasteiger partial charge in [-0.1, -0.05) is 12.5 Å². The van der Waals surface area contributed by atoms with Gasteiger partial charge in [-0.05, 0) is 62.2 Å². The molecule has 94 valence electrons. The largest absolute Gasteiger partial charge is 0.299 e. The fourth-order valence-electron chi connectivity index (χ4n) is 4.69. The number of Topliss-reactive ketones (excluding diaryl/α,β-unsaturated/α-hetero) is 1. The Morgan fingerprint density at radius 2 is 1.82 bits per heavy atom. The van der Waals surface area contributed by atoms with Crippen LogP contribution in [0.3, 0.4) is 0 Å². The minimum atomic E-state index is 0.514. The number of unbranched alkanes of at least 4 members (excludes halogenated alkanes) is 3. The molecule has 0 aromatic rings. The average molecular weight is 232 g/mol. The highest BCUT2D eigenvalue weighted by Gasteiger charge is 2.66. The van der Waals surface area contributed by atoms with Crippen LogP contribution >= 0.6 is 0 Å². The van der Waals surface area contributed by atoms with Gasteiger partial charge < -0.3 is 0 Å². The van der Waals surface area contributed by atoms with Gasteiger partial charge in [0.1, 0.15) is 5.78 Å². The summed E-state index contributed by atoms with van der Waals surface area (Å²) in [6.45, 7) is 3.73. The van der Waals surface area contributed by atoms with Crippen LogP contribution in [0, 0.1) is 29.6 Å². The molecule has 0 aromatic carbocycles. The molecule has 1 heteroatoms. The zero-order valence-electron chi connectivity index (χ0n) is 10.7. The lowest BCUT2D eigenvalue weighted by Crippen LogP contribution is -2.09. The van der Waals surface area contributed by atoms with Crippen molar-refractivity contribution in [3.8, 4) is 0 Å². The molecule has 3 aliphatic rings. The van der Waals surface area contributed by atoms with E-state index >= 15 is 0 Å². The number of hydrogen-bond donors (Lipinski definition) is 0. The van der Waals surface area contributed by atoms with Gasteiger partial charge in [-0.2, -0.15) is 0 Å². The summed E-state index contributed by atoms with van der Waals surface area (Å²) in [5, 5.41) is 0. The van der Waals surface area contributed by atoms with Crippen LogP contribution in [0.4, 0.5) is 0 Å². The van der Waals surface area contributed by atoms with Crippen molar-refractivity contribution in [3.63, 3.8) is 0 Å². The van der Waals surface area contributed by atoms with Crippen LogP contribution in [0.25, 0.3) is 0 Å². The Balaban J connectivity index is 1.39. The number of rotatable bonds is 7. The molecule has 4 atom stereocenters. The van der Waals surface area contributed by atoms with Crippen molar-refractivity contribution in [3.05, 3.63) is 12.7 Å². The molecule has 4 unspecified atom stereocenters. The SMILES string of the molecule is C=CCCCCCC(=O)C1C2C3CCC(C3)C12. The van der Waals surface area contributed by atoms with E-state index in [1.807, 2.05) is 6.08 Å². The van der Waals surface area contributed by atoms with Crippen LogP contribution in [-0.2, 0) is 4.79 Å². The first-order chi connectivity index (χ1) is 8.33. The normalized spacial score (nSPS) is 41.3. The monoisotopic (exact) mass is 232 g/mol. The third-order valence-electron chi connectivity index (χ3n) is 5.44. The first-order valence-corrected chi connectivity index (χ1v) is 7.46. The number of allylic oxidation sites excluding steroid dienone is 1. The first-order valence-electron chi connectivity index (χ1n) is 7.46. The quantitative estimate of drug-likeness (QED) is 0.479. The third kappa shape index (κ3) is 1.98. The summed E-state index contributed by atoms with van der Waals surface area (Å²) in [6.07, 6.45) is 11.8. The lowest BCUT2D eigenvalue weighted by atomic mass is 9.97. The summed E-state index contributed by atoms with van der Waals surface area (Å²) in [5.41, 5.74) is 0. The van der Waals surface area contributed by atoms with Gasteiger partial charge in [-0.15, -0.1) is 6.58 Å². The van der Waals surface area contributed by atoms with E-state index in [-0.39, 0.29) is 0 Å². The number of carbonyl (C=O) groups is 1. The maximum absolute atomic E-state index is 12.2. The molecule has 2 bridgehead atoms. The molecule has 17 heavy (non-hydrogen) atoms. The molecule has 1 nitrogen and oxygen atoms in total. The Hall–Kier alpha value is -0.590. The fraction of sp³-hybridized carbons (Fsp3) is 0.812. The minimum absolute atomic E-state index is 0.514. The van der Waals surface area contributed by atoms with E-state index in [1.165, 1.54) is 32.1 Å². The van der Waals surface area contributed by atoms with Crippen molar-refractivity contribution in [1.82, 2.24) is 0 Å². The zero-order valence-corrected chi connectivity index (χ0v) is 10.7. The maximum Gasteiger partial charge on any atom is 0.136 e. The second-order valence-corrected chi connectivity index (χ2v) is 6.37. The maximum atomic E-state index is 12.2. The summed E-state index contributed by atoms with van der Waals surface area (Å²) >= 11 is 0. The Morgan fingerprint density at radius 1 is 1.12 bits per heavy atom. The predicted octanol–water partition coefficient (Wildman–Crippen LogP) is 3.98. The van der Waals surface area contributed by atoms with E-state index in [0.717, 1.165) is 42.9 Å². The molecule has 3 rings (SSSR count). The summed E-state index contributed by atoms with van der Waals surface area (Å²) < 4.78 is 0. The van der Waals surface area contributed by atoms with Gasteiger partial charge in [0, 0.05) is 12.3 Å². The van der Waals surface area contributed by atoms with E-state index in [2.05, 4.69) is 6.58 Å². The Labute approximate surface area is 105 Å². The number of carbonyl (C=O) groups excluding carboxylic acids is 1. The van der Waals surface area contributed by atoms with Crippen LogP contribution < -0.4 is 0 Å². The smallest absolute Gasteiger partial charge is 0.136 e. The van der Waals surface area contributed by atoms with Crippen molar-refractivity contribution in [2.45, 2.75) is 51.4 Å². The number of ketones is 1.